The first-order valence-corrected chi connectivity index (χ1v) is 7.93. The van der Waals surface area contributed by atoms with Gasteiger partial charge in [-0.1, -0.05) is 24.2 Å². The molecular weight excluding hydrogens is 260 g/mol. The lowest BCUT2D eigenvalue weighted by atomic mass is 9.78. The Hall–Kier alpha value is -1.17. The summed E-state index contributed by atoms with van der Waals surface area (Å²) in [4.78, 5) is 14.7. The molecule has 0 unspecified atom stereocenters. The number of fused-ring (bicyclic) bond motifs is 1. The standard InChI is InChI=1S/C13H20N4OS/c1-14-13-16-15-11(19-13)12(18)17-8-4-6-9-5-2-3-7-10(9)17/h9-10H,2-8H2,1H3,(H,14,16)/t9-,10-/m1/s1. The van der Waals surface area contributed by atoms with Crippen LogP contribution in [-0.2, 0) is 0 Å². The summed E-state index contributed by atoms with van der Waals surface area (Å²) in [6, 6.07) is 0.442. The molecule has 0 bridgehead atoms. The predicted molar refractivity (Wildman–Crippen MR) is 75.5 cm³/mol. The molecule has 6 heteroatoms. The molecule has 1 aliphatic carbocycles. The molecule has 2 fully saturated rings. The van der Waals surface area contributed by atoms with E-state index >= 15 is 0 Å². The second-order valence-electron chi connectivity index (χ2n) is 5.42. The SMILES string of the molecule is CNc1nnc(C(=O)N2CCC[C@H]3CCCC[C@H]32)s1. The number of anilines is 1. The van der Waals surface area contributed by atoms with Crippen molar-refractivity contribution in [3.8, 4) is 0 Å². The minimum atomic E-state index is 0.0793. The molecule has 1 amide bonds. The minimum absolute atomic E-state index is 0.0793. The van der Waals surface area contributed by atoms with Crippen molar-refractivity contribution in [3.05, 3.63) is 5.01 Å². The lowest BCUT2D eigenvalue weighted by Crippen LogP contribution is -2.49. The summed E-state index contributed by atoms with van der Waals surface area (Å²) >= 11 is 1.35. The highest BCUT2D eigenvalue weighted by Gasteiger charge is 2.36. The first-order chi connectivity index (χ1) is 9.29. The second-order valence-corrected chi connectivity index (χ2v) is 6.39. The van der Waals surface area contributed by atoms with E-state index in [-0.39, 0.29) is 5.91 Å². The lowest BCUT2D eigenvalue weighted by Gasteiger charge is -2.43. The fourth-order valence-electron chi connectivity index (χ4n) is 3.41. The third kappa shape index (κ3) is 2.45. The number of amides is 1. The summed E-state index contributed by atoms with van der Waals surface area (Å²) < 4.78 is 0. The van der Waals surface area contributed by atoms with Crippen LogP contribution in [0.3, 0.4) is 0 Å². The van der Waals surface area contributed by atoms with E-state index in [1.807, 2.05) is 0 Å². The Kier molecular flexibility index (Phi) is 3.68. The van der Waals surface area contributed by atoms with Gasteiger partial charge in [0.25, 0.3) is 5.91 Å². The van der Waals surface area contributed by atoms with Crippen LogP contribution in [0.2, 0.25) is 0 Å². The molecule has 2 atom stereocenters. The average Bonchev–Trinajstić information content (AvgIpc) is 2.95. The van der Waals surface area contributed by atoms with Gasteiger partial charge in [-0.25, -0.2) is 0 Å². The molecule has 1 saturated carbocycles. The minimum Gasteiger partial charge on any atom is -0.363 e. The summed E-state index contributed by atoms with van der Waals surface area (Å²) in [5.41, 5.74) is 0. The zero-order valence-electron chi connectivity index (χ0n) is 11.3. The molecule has 5 nitrogen and oxygen atoms in total. The monoisotopic (exact) mass is 280 g/mol. The van der Waals surface area contributed by atoms with Crippen molar-refractivity contribution >= 4 is 22.4 Å². The molecular formula is C13H20N4OS. The van der Waals surface area contributed by atoms with Gasteiger partial charge in [0.1, 0.15) is 0 Å². The van der Waals surface area contributed by atoms with Gasteiger partial charge in [-0.05, 0) is 31.6 Å². The Morgan fingerprint density at radius 2 is 2.05 bits per heavy atom. The third-order valence-electron chi connectivity index (χ3n) is 4.33. The Bertz CT molecular complexity index is 459. The average molecular weight is 280 g/mol. The summed E-state index contributed by atoms with van der Waals surface area (Å²) in [5, 5.41) is 12.1. The van der Waals surface area contributed by atoms with Crippen LogP contribution in [0.15, 0.2) is 0 Å². The van der Waals surface area contributed by atoms with Crippen molar-refractivity contribution < 1.29 is 4.79 Å². The largest absolute Gasteiger partial charge is 0.363 e. The molecule has 2 aliphatic rings. The number of nitrogens with zero attached hydrogens (tertiary/aromatic N) is 3. The van der Waals surface area contributed by atoms with Gasteiger partial charge in [0, 0.05) is 19.6 Å². The summed E-state index contributed by atoms with van der Waals surface area (Å²) in [5.74, 6) is 0.791. The molecule has 1 aliphatic heterocycles. The molecule has 0 spiro atoms. The van der Waals surface area contributed by atoms with E-state index in [1.54, 1.807) is 7.05 Å². The zero-order valence-corrected chi connectivity index (χ0v) is 12.1. The van der Waals surface area contributed by atoms with Crippen molar-refractivity contribution in [2.75, 3.05) is 18.9 Å². The number of hydrogen-bond donors (Lipinski definition) is 1. The predicted octanol–water partition coefficient (Wildman–Crippen LogP) is 2.37. The van der Waals surface area contributed by atoms with Gasteiger partial charge in [-0.15, -0.1) is 10.2 Å². The smallest absolute Gasteiger partial charge is 0.285 e. The molecule has 2 heterocycles. The molecule has 0 aromatic carbocycles. The number of likely N-dealkylation sites (tertiary alicyclic amines) is 1. The van der Waals surface area contributed by atoms with E-state index in [4.69, 9.17) is 0 Å². The maximum atomic E-state index is 12.6. The van der Waals surface area contributed by atoms with E-state index in [9.17, 15) is 4.79 Å². The Labute approximate surface area is 117 Å². The number of rotatable bonds is 2. The summed E-state index contributed by atoms with van der Waals surface area (Å²) in [6.45, 7) is 0.883. The number of aromatic nitrogens is 2. The van der Waals surface area contributed by atoms with Crippen molar-refractivity contribution in [3.63, 3.8) is 0 Å². The Morgan fingerprint density at radius 1 is 1.26 bits per heavy atom. The Morgan fingerprint density at radius 3 is 2.84 bits per heavy atom. The van der Waals surface area contributed by atoms with E-state index in [0.717, 1.165) is 19.4 Å². The van der Waals surface area contributed by atoms with Crippen LogP contribution in [0.5, 0.6) is 0 Å². The van der Waals surface area contributed by atoms with Gasteiger partial charge in [0.2, 0.25) is 10.1 Å². The Balaban J connectivity index is 1.77. The second kappa shape index (κ2) is 5.45. The normalized spacial score (nSPS) is 26.9. The number of nitrogens with one attached hydrogen (secondary N) is 1. The fourth-order valence-corrected chi connectivity index (χ4v) is 4.06. The topological polar surface area (TPSA) is 58.1 Å². The zero-order chi connectivity index (χ0) is 13.2. The van der Waals surface area contributed by atoms with Crippen LogP contribution in [0.1, 0.15) is 48.3 Å². The first kappa shape index (κ1) is 12.8. The number of carbonyl (C=O) groups excluding carboxylic acids is 1. The van der Waals surface area contributed by atoms with E-state index in [1.165, 1.54) is 37.0 Å². The highest BCUT2D eigenvalue weighted by molar-refractivity contribution is 7.17. The molecule has 1 aromatic rings. The highest BCUT2D eigenvalue weighted by atomic mass is 32.1. The molecule has 0 radical (unpaired) electrons. The summed E-state index contributed by atoms with van der Waals surface area (Å²) in [7, 11) is 1.80. The van der Waals surface area contributed by atoms with Gasteiger partial charge in [0.05, 0.1) is 0 Å². The van der Waals surface area contributed by atoms with Crippen LogP contribution in [-0.4, -0.2) is 40.6 Å². The number of piperidine rings is 1. The van der Waals surface area contributed by atoms with Gasteiger partial charge in [0.15, 0.2) is 0 Å². The van der Waals surface area contributed by atoms with E-state index in [2.05, 4.69) is 20.4 Å². The van der Waals surface area contributed by atoms with Crippen molar-refractivity contribution in [2.45, 2.75) is 44.6 Å². The van der Waals surface area contributed by atoms with Crippen molar-refractivity contribution in [2.24, 2.45) is 5.92 Å². The maximum absolute atomic E-state index is 12.6. The van der Waals surface area contributed by atoms with Crippen molar-refractivity contribution in [1.82, 2.24) is 15.1 Å². The molecule has 1 saturated heterocycles. The van der Waals surface area contributed by atoms with Crippen LogP contribution in [0.4, 0.5) is 5.13 Å². The van der Waals surface area contributed by atoms with Crippen LogP contribution < -0.4 is 5.32 Å². The molecule has 104 valence electrons. The third-order valence-corrected chi connectivity index (χ3v) is 5.25. The van der Waals surface area contributed by atoms with Gasteiger partial charge in [-0.3, -0.25) is 4.79 Å². The number of carbonyl (C=O) groups is 1. The molecule has 1 aromatic heterocycles. The molecule has 19 heavy (non-hydrogen) atoms. The van der Waals surface area contributed by atoms with Gasteiger partial charge < -0.3 is 10.2 Å². The van der Waals surface area contributed by atoms with E-state index < -0.39 is 0 Å². The van der Waals surface area contributed by atoms with Crippen LogP contribution in [0, 0.1) is 5.92 Å². The fraction of sp³-hybridized carbons (Fsp3) is 0.769. The van der Waals surface area contributed by atoms with Crippen LogP contribution in [0.25, 0.3) is 0 Å². The van der Waals surface area contributed by atoms with Gasteiger partial charge >= 0.3 is 0 Å². The van der Waals surface area contributed by atoms with Crippen LogP contribution >= 0.6 is 11.3 Å². The molecule has 3 rings (SSSR count). The molecule has 1 N–H and O–H groups in total. The quantitative estimate of drug-likeness (QED) is 0.903. The van der Waals surface area contributed by atoms with Crippen molar-refractivity contribution in [1.29, 1.82) is 0 Å². The number of hydrogen-bond acceptors (Lipinski definition) is 5. The summed E-state index contributed by atoms with van der Waals surface area (Å²) in [6.07, 6.45) is 7.44. The van der Waals surface area contributed by atoms with E-state index in [0.29, 0.717) is 22.1 Å². The van der Waals surface area contributed by atoms with Gasteiger partial charge in [-0.2, -0.15) is 0 Å². The lowest BCUT2D eigenvalue weighted by molar-refractivity contribution is 0.0389. The highest BCUT2D eigenvalue weighted by Crippen LogP contribution is 2.36. The first-order valence-electron chi connectivity index (χ1n) is 7.12. The maximum Gasteiger partial charge on any atom is 0.285 e.